The first kappa shape index (κ1) is 15.1. The van der Waals surface area contributed by atoms with E-state index in [1.807, 2.05) is 6.07 Å². The summed E-state index contributed by atoms with van der Waals surface area (Å²) in [6.45, 7) is 6.25. The molecular weight excluding hydrogens is 282 g/mol. The lowest BCUT2D eigenvalue weighted by atomic mass is 10.1. The molecule has 0 amide bonds. The number of fused-ring (bicyclic) bond motifs is 2. The summed E-state index contributed by atoms with van der Waals surface area (Å²) in [5.41, 5.74) is 2.57. The molecule has 2 atom stereocenters. The molecular formula is C17H26ClN3. The zero-order valence-corrected chi connectivity index (χ0v) is 13.9. The normalized spacial score (nSPS) is 26.1. The maximum atomic E-state index is 6.55. The largest absolute Gasteiger partial charge is 0.368 e. The second-order valence-electron chi connectivity index (χ2n) is 6.31. The van der Waals surface area contributed by atoms with Gasteiger partial charge in [0, 0.05) is 31.7 Å². The Morgan fingerprint density at radius 2 is 2.05 bits per heavy atom. The average molecular weight is 308 g/mol. The molecule has 0 aliphatic carbocycles. The van der Waals surface area contributed by atoms with Crippen molar-refractivity contribution in [2.24, 2.45) is 0 Å². The Morgan fingerprint density at radius 3 is 2.86 bits per heavy atom. The van der Waals surface area contributed by atoms with Crippen molar-refractivity contribution in [1.82, 2.24) is 10.2 Å². The van der Waals surface area contributed by atoms with Crippen LogP contribution in [-0.4, -0.2) is 43.7 Å². The molecule has 0 radical (unpaired) electrons. The highest BCUT2D eigenvalue weighted by Gasteiger charge is 2.35. The molecule has 1 aromatic rings. The molecule has 0 saturated carbocycles. The summed E-state index contributed by atoms with van der Waals surface area (Å²) in [4.78, 5) is 5.11. The Bertz CT molecular complexity index is 491. The van der Waals surface area contributed by atoms with Crippen LogP contribution in [0.5, 0.6) is 0 Å². The third kappa shape index (κ3) is 3.05. The van der Waals surface area contributed by atoms with Crippen molar-refractivity contribution in [3.63, 3.8) is 0 Å². The summed E-state index contributed by atoms with van der Waals surface area (Å²) in [7, 11) is 2.29. The van der Waals surface area contributed by atoms with Crippen LogP contribution in [-0.2, 0) is 6.54 Å². The van der Waals surface area contributed by atoms with E-state index >= 15 is 0 Å². The molecule has 3 rings (SSSR count). The molecule has 3 nitrogen and oxygen atoms in total. The standard InChI is InChI=1S/C17H26ClN3/c1-3-19-11-13-5-4-6-16(18)17(13)21-10-9-14-7-8-15(12-21)20(14)2/h4-6,14-15,19H,3,7-12H2,1-2H3. The highest BCUT2D eigenvalue weighted by molar-refractivity contribution is 6.33. The van der Waals surface area contributed by atoms with Crippen molar-refractivity contribution < 1.29 is 0 Å². The van der Waals surface area contributed by atoms with Gasteiger partial charge in [-0.25, -0.2) is 0 Å². The van der Waals surface area contributed by atoms with E-state index in [0.717, 1.165) is 37.2 Å². The van der Waals surface area contributed by atoms with Gasteiger partial charge < -0.3 is 10.2 Å². The lowest BCUT2D eigenvalue weighted by Gasteiger charge is -2.30. The van der Waals surface area contributed by atoms with Crippen molar-refractivity contribution in [3.05, 3.63) is 28.8 Å². The van der Waals surface area contributed by atoms with Gasteiger partial charge in [0.1, 0.15) is 0 Å². The van der Waals surface area contributed by atoms with Gasteiger partial charge in [-0.15, -0.1) is 0 Å². The lowest BCUT2D eigenvalue weighted by Crippen LogP contribution is -2.37. The fraction of sp³-hybridized carbons (Fsp3) is 0.647. The summed E-state index contributed by atoms with van der Waals surface area (Å²) in [5, 5.41) is 4.33. The van der Waals surface area contributed by atoms with Crippen LogP contribution >= 0.6 is 11.6 Å². The molecule has 2 fully saturated rings. The number of anilines is 1. The first-order valence-corrected chi connectivity index (χ1v) is 8.53. The fourth-order valence-electron chi connectivity index (χ4n) is 3.83. The predicted molar refractivity (Wildman–Crippen MR) is 90.2 cm³/mol. The van der Waals surface area contributed by atoms with E-state index in [4.69, 9.17) is 11.6 Å². The van der Waals surface area contributed by atoms with Crippen LogP contribution in [0, 0.1) is 0 Å². The number of para-hydroxylation sites is 1. The molecule has 1 aromatic carbocycles. The number of hydrogen-bond acceptors (Lipinski definition) is 3. The van der Waals surface area contributed by atoms with Crippen LogP contribution in [0.25, 0.3) is 0 Å². The van der Waals surface area contributed by atoms with Crippen molar-refractivity contribution in [3.8, 4) is 0 Å². The van der Waals surface area contributed by atoms with E-state index in [2.05, 4.69) is 41.2 Å². The van der Waals surface area contributed by atoms with Gasteiger partial charge in [-0.3, -0.25) is 4.90 Å². The summed E-state index contributed by atoms with van der Waals surface area (Å²) >= 11 is 6.55. The maximum absolute atomic E-state index is 6.55. The van der Waals surface area contributed by atoms with E-state index in [9.17, 15) is 0 Å². The third-order valence-corrected chi connectivity index (χ3v) is 5.41. The van der Waals surface area contributed by atoms with E-state index in [1.165, 1.54) is 30.5 Å². The van der Waals surface area contributed by atoms with Gasteiger partial charge >= 0.3 is 0 Å². The monoisotopic (exact) mass is 307 g/mol. The molecule has 21 heavy (non-hydrogen) atoms. The van der Waals surface area contributed by atoms with E-state index in [1.54, 1.807) is 0 Å². The molecule has 0 aromatic heterocycles. The first-order chi connectivity index (χ1) is 10.2. The van der Waals surface area contributed by atoms with Crippen LogP contribution in [0.3, 0.4) is 0 Å². The zero-order valence-electron chi connectivity index (χ0n) is 13.1. The second kappa shape index (κ2) is 6.55. The molecule has 2 aliphatic rings. The molecule has 2 saturated heterocycles. The quantitative estimate of drug-likeness (QED) is 0.922. The number of benzene rings is 1. The highest BCUT2D eigenvalue weighted by Crippen LogP contribution is 2.35. The van der Waals surface area contributed by atoms with Crippen LogP contribution in [0.1, 0.15) is 31.7 Å². The molecule has 4 heteroatoms. The van der Waals surface area contributed by atoms with Gasteiger partial charge in [0.2, 0.25) is 0 Å². The minimum absolute atomic E-state index is 0.681. The second-order valence-corrected chi connectivity index (χ2v) is 6.72. The van der Waals surface area contributed by atoms with Crippen LogP contribution in [0.15, 0.2) is 18.2 Å². The summed E-state index contributed by atoms with van der Waals surface area (Å²) in [6, 6.07) is 7.74. The summed E-state index contributed by atoms with van der Waals surface area (Å²) in [5.74, 6) is 0. The molecule has 2 bridgehead atoms. The third-order valence-electron chi connectivity index (χ3n) is 5.10. The number of nitrogens with zero attached hydrogens (tertiary/aromatic N) is 2. The van der Waals surface area contributed by atoms with Gasteiger partial charge in [-0.1, -0.05) is 30.7 Å². The molecule has 2 aliphatic heterocycles. The van der Waals surface area contributed by atoms with Gasteiger partial charge in [-0.05, 0) is 44.5 Å². The molecule has 2 heterocycles. The summed E-state index contributed by atoms with van der Waals surface area (Å²) < 4.78 is 0. The Balaban J connectivity index is 1.85. The van der Waals surface area contributed by atoms with Gasteiger partial charge in [0.25, 0.3) is 0 Å². The number of halogens is 1. The maximum Gasteiger partial charge on any atom is 0.0642 e. The van der Waals surface area contributed by atoms with Gasteiger partial charge in [0.15, 0.2) is 0 Å². The first-order valence-electron chi connectivity index (χ1n) is 8.15. The molecule has 2 unspecified atom stereocenters. The van der Waals surface area contributed by atoms with Crippen LogP contribution in [0.4, 0.5) is 5.69 Å². The predicted octanol–water partition coefficient (Wildman–Crippen LogP) is 3.12. The summed E-state index contributed by atoms with van der Waals surface area (Å²) in [6.07, 6.45) is 3.94. The number of likely N-dealkylation sites (N-methyl/N-ethyl adjacent to an activating group) is 1. The van der Waals surface area contributed by atoms with Crippen LogP contribution < -0.4 is 10.2 Å². The molecule has 1 N–H and O–H groups in total. The SMILES string of the molecule is CCNCc1cccc(Cl)c1N1CCC2CCC(C1)N2C. The fourth-order valence-corrected chi connectivity index (χ4v) is 4.14. The van der Waals surface area contributed by atoms with E-state index in [-0.39, 0.29) is 0 Å². The minimum Gasteiger partial charge on any atom is -0.368 e. The average Bonchev–Trinajstić information content (AvgIpc) is 2.71. The minimum atomic E-state index is 0.681. The number of nitrogens with one attached hydrogen (secondary N) is 1. The van der Waals surface area contributed by atoms with Crippen molar-refractivity contribution in [2.45, 2.75) is 44.8 Å². The van der Waals surface area contributed by atoms with Gasteiger partial charge in [-0.2, -0.15) is 0 Å². The van der Waals surface area contributed by atoms with Crippen molar-refractivity contribution >= 4 is 17.3 Å². The van der Waals surface area contributed by atoms with E-state index < -0.39 is 0 Å². The zero-order chi connectivity index (χ0) is 14.8. The number of rotatable bonds is 4. The van der Waals surface area contributed by atoms with Gasteiger partial charge in [0.05, 0.1) is 10.7 Å². The Hall–Kier alpha value is -0.770. The smallest absolute Gasteiger partial charge is 0.0642 e. The molecule has 116 valence electrons. The lowest BCUT2D eigenvalue weighted by molar-refractivity contribution is 0.254. The van der Waals surface area contributed by atoms with Crippen molar-refractivity contribution in [2.75, 3.05) is 31.6 Å². The molecule has 0 spiro atoms. The topological polar surface area (TPSA) is 18.5 Å². The Morgan fingerprint density at radius 1 is 1.24 bits per heavy atom. The van der Waals surface area contributed by atoms with E-state index in [0.29, 0.717) is 6.04 Å². The highest BCUT2D eigenvalue weighted by atomic mass is 35.5. The Labute approximate surface area is 133 Å². The van der Waals surface area contributed by atoms with Crippen LogP contribution in [0.2, 0.25) is 5.02 Å². The Kier molecular flexibility index (Phi) is 4.72. The number of hydrogen-bond donors (Lipinski definition) is 1. The van der Waals surface area contributed by atoms with Crippen molar-refractivity contribution in [1.29, 1.82) is 0 Å².